The summed E-state index contributed by atoms with van der Waals surface area (Å²) in [6, 6.07) is 10.6. The molecule has 0 radical (unpaired) electrons. The molecule has 7 nitrogen and oxygen atoms in total. The Balaban J connectivity index is 2.07. The summed E-state index contributed by atoms with van der Waals surface area (Å²) in [5.74, 6) is 0.888. The molecule has 0 bridgehead atoms. The number of morpholine rings is 1. The monoisotopic (exact) mass is 410 g/mol. The van der Waals surface area contributed by atoms with Crippen LogP contribution in [-0.2, 0) is 14.6 Å². The van der Waals surface area contributed by atoms with E-state index < -0.39 is 9.84 Å². The fourth-order valence-electron chi connectivity index (χ4n) is 3.19. The molecule has 1 heterocycles. The molecule has 0 aliphatic carbocycles. The molecule has 2 atom stereocenters. The van der Waals surface area contributed by atoms with E-state index in [4.69, 9.17) is 9.73 Å². The summed E-state index contributed by atoms with van der Waals surface area (Å²) in [5.41, 5.74) is 1.24. The van der Waals surface area contributed by atoms with Gasteiger partial charge in [-0.15, -0.1) is 0 Å². The van der Waals surface area contributed by atoms with Gasteiger partial charge in [-0.1, -0.05) is 30.3 Å². The highest BCUT2D eigenvalue weighted by atomic mass is 32.2. The maximum atomic E-state index is 11.4. The van der Waals surface area contributed by atoms with Gasteiger partial charge in [0.15, 0.2) is 5.96 Å². The van der Waals surface area contributed by atoms with Crippen LogP contribution in [0.5, 0.6) is 0 Å². The Bertz CT molecular complexity index is 703. The number of guanidine groups is 1. The third-order valence-electron chi connectivity index (χ3n) is 4.74. The van der Waals surface area contributed by atoms with Crippen LogP contribution >= 0.6 is 0 Å². The lowest BCUT2D eigenvalue weighted by atomic mass is 10.0. The van der Waals surface area contributed by atoms with Crippen LogP contribution in [0.1, 0.15) is 31.9 Å². The fourth-order valence-corrected chi connectivity index (χ4v) is 3.97. The Morgan fingerprint density at radius 3 is 2.54 bits per heavy atom. The summed E-state index contributed by atoms with van der Waals surface area (Å²) in [6.07, 6.45) is 1.82. The molecule has 28 heavy (non-hydrogen) atoms. The Morgan fingerprint density at radius 1 is 1.25 bits per heavy atom. The molecule has 1 aliphatic heterocycles. The summed E-state index contributed by atoms with van der Waals surface area (Å²) in [7, 11) is -2.96. The second-order valence-electron chi connectivity index (χ2n) is 7.26. The van der Waals surface area contributed by atoms with E-state index in [2.05, 4.69) is 39.8 Å². The van der Waals surface area contributed by atoms with Crippen LogP contribution < -0.4 is 10.6 Å². The van der Waals surface area contributed by atoms with Crippen LogP contribution in [0.3, 0.4) is 0 Å². The van der Waals surface area contributed by atoms with Crippen molar-refractivity contribution in [3.63, 3.8) is 0 Å². The molecule has 1 fully saturated rings. The van der Waals surface area contributed by atoms with Gasteiger partial charge < -0.3 is 15.4 Å². The molecule has 2 N–H and O–H groups in total. The maximum absolute atomic E-state index is 11.4. The molecule has 158 valence electrons. The maximum Gasteiger partial charge on any atom is 0.191 e. The molecule has 2 rings (SSSR count). The predicted molar refractivity (Wildman–Crippen MR) is 114 cm³/mol. The largest absolute Gasteiger partial charge is 0.379 e. The van der Waals surface area contributed by atoms with Gasteiger partial charge in [0, 0.05) is 31.9 Å². The van der Waals surface area contributed by atoms with Crippen molar-refractivity contribution in [3.05, 3.63) is 35.9 Å². The van der Waals surface area contributed by atoms with Crippen molar-refractivity contribution in [2.45, 2.75) is 32.4 Å². The van der Waals surface area contributed by atoms with E-state index in [0.29, 0.717) is 13.0 Å². The lowest BCUT2D eigenvalue weighted by molar-refractivity contribution is 0.0179. The predicted octanol–water partition coefficient (Wildman–Crippen LogP) is 1.44. The number of benzene rings is 1. The molecule has 1 aromatic rings. The van der Waals surface area contributed by atoms with Crippen molar-refractivity contribution in [2.75, 3.05) is 51.4 Å². The molecule has 0 saturated carbocycles. The first-order chi connectivity index (χ1) is 13.4. The minimum atomic E-state index is -2.96. The summed E-state index contributed by atoms with van der Waals surface area (Å²) >= 11 is 0. The van der Waals surface area contributed by atoms with E-state index in [1.165, 1.54) is 11.8 Å². The Morgan fingerprint density at radius 2 is 1.93 bits per heavy atom. The van der Waals surface area contributed by atoms with Crippen LogP contribution in [0.15, 0.2) is 35.3 Å². The highest BCUT2D eigenvalue weighted by Crippen LogP contribution is 2.22. The van der Waals surface area contributed by atoms with Crippen molar-refractivity contribution in [1.82, 2.24) is 15.5 Å². The normalized spacial score (nSPS) is 18.5. The minimum absolute atomic E-state index is 0.0195. The topological polar surface area (TPSA) is 83.0 Å². The third kappa shape index (κ3) is 8.16. The van der Waals surface area contributed by atoms with E-state index in [1.54, 1.807) is 0 Å². The molecule has 1 saturated heterocycles. The molecule has 0 amide bonds. The number of nitrogens with zero attached hydrogens (tertiary/aromatic N) is 2. The van der Waals surface area contributed by atoms with Crippen molar-refractivity contribution in [1.29, 1.82) is 0 Å². The SMILES string of the molecule is CCNC(=NCC(c1ccccc1)N1CCOCC1)NC(C)CCS(C)(=O)=O. The molecular weight excluding hydrogens is 376 g/mol. The van der Waals surface area contributed by atoms with Gasteiger partial charge in [0.25, 0.3) is 0 Å². The second kappa shape index (κ2) is 11.4. The number of rotatable bonds is 9. The minimum Gasteiger partial charge on any atom is -0.379 e. The average molecular weight is 411 g/mol. The van der Waals surface area contributed by atoms with Gasteiger partial charge >= 0.3 is 0 Å². The fraction of sp³-hybridized carbons (Fsp3) is 0.650. The smallest absolute Gasteiger partial charge is 0.191 e. The Kier molecular flexibility index (Phi) is 9.21. The van der Waals surface area contributed by atoms with Gasteiger partial charge in [0.2, 0.25) is 0 Å². The number of aliphatic imine (C=N–C) groups is 1. The number of hydrogen-bond donors (Lipinski definition) is 2. The Hall–Kier alpha value is -1.64. The van der Waals surface area contributed by atoms with Crippen LogP contribution in [0.2, 0.25) is 0 Å². The van der Waals surface area contributed by atoms with E-state index in [-0.39, 0.29) is 17.8 Å². The van der Waals surface area contributed by atoms with Gasteiger partial charge in [0.1, 0.15) is 9.84 Å². The van der Waals surface area contributed by atoms with Crippen molar-refractivity contribution < 1.29 is 13.2 Å². The third-order valence-corrected chi connectivity index (χ3v) is 5.72. The van der Waals surface area contributed by atoms with Gasteiger partial charge in [-0.3, -0.25) is 9.89 Å². The first-order valence-electron chi connectivity index (χ1n) is 9.98. The molecule has 8 heteroatoms. The summed E-state index contributed by atoms with van der Waals surface area (Å²) in [5, 5.41) is 6.60. The molecular formula is C20H34N4O3S. The zero-order valence-corrected chi connectivity index (χ0v) is 18.0. The van der Waals surface area contributed by atoms with Gasteiger partial charge in [0.05, 0.1) is 31.6 Å². The molecule has 0 aromatic heterocycles. The lowest BCUT2D eigenvalue weighted by Gasteiger charge is -2.34. The van der Waals surface area contributed by atoms with Gasteiger partial charge in [-0.05, 0) is 25.8 Å². The molecule has 2 unspecified atom stereocenters. The molecule has 1 aliphatic rings. The number of sulfone groups is 1. The first-order valence-corrected chi connectivity index (χ1v) is 12.0. The first kappa shape index (κ1) is 22.6. The van der Waals surface area contributed by atoms with Crippen molar-refractivity contribution >= 4 is 15.8 Å². The van der Waals surface area contributed by atoms with Crippen LogP contribution in [-0.4, -0.2) is 76.7 Å². The standard InChI is InChI=1S/C20H34N4O3S/c1-4-21-20(23-17(2)10-15-28(3,25)26)22-16-19(18-8-6-5-7-9-18)24-11-13-27-14-12-24/h5-9,17,19H,4,10-16H2,1-3H3,(H2,21,22,23). The van der Waals surface area contributed by atoms with Crippen molar-refractivity contribution in [3.8, 4) is 0 Å². The summed E-state index contributed by atoms with van der Waals surface area (Å²) in [4.78, 5) is 7.23. The molecule has 1 aromatic carbocycles. The number of hydrogen-bond acceptors (Lipinski definition) is 5. The zero-order valence-electron chi connectivity index (χ0n) is 17.2. The van der Waals surface area contributed by atoms with Crippen molar-refractivity contribution in [2.24, 2.45) is 4.99 Å². The zero-order chi connectivity index (χ0) is 20.4. The quantitative estimate of drug-likeness (QED) is 0.473. The van der Waals surface area contributed by atoms with E-state index in [9.17, 15) is 8.42 Å². The molecule has 0 spiro atoms. The summed E-state index contributed by atoms with van der Waals surface area (Å²) < 4.78 is 28.3. The lowest BCUT2D eigenvalue weighted by Crippen LogP contribution is -2.44. The number of nitrogens with one attached hydrogen (secondary N) is 2. The highest BCUT2D eigenvalue weighted by Gasteiger charge is 2.22. The van der Waals surface area contributed by atoms with Gasteiger partial charge in [-0.25, -0.2) is 8.42 Å². The average Bonchev–Trinajstić information content (AvgIpc) is 2.68. The second-order valence-corrected chi connectivity index (χ2v) is 9.52. The van der Waals surface area contributed by atoms with E-state index in [0.717, 1.165) is 38.8 Å². The Labute approximate surface area is 169 Å². The van der Waals surface area contributed by atoms with Crippen LogP contribution in [0, 0.1) is 0 Å². The highest BCUT2D eigenvalue weighted by molar-refractivity contribution is 7.90. The van der Waals surface area contributed by atoms with Crippen LogP contribution in [0.4, 0.5) is 0 Å². The van der Waals surface area contributed by atoms with Crippen LogP contribution in [0.25, 0.3) is 0 Å². The van der Waals surface area contributed by atoms with Gasteiger partial charge in [-0.2, -0.15) is 0 Å². The van der Waals surface area contributed by atoms with E-state index in [1.807, 2.05) is 19.9 Å². The summed E-state index contributed by atoms with van der Waals surface area (Å²) in [6.45, 7) is 8.65. The van der Waals surface area contributed by atoms with E-state index >= 15 is 0 Å². The number of ether oxygens (including phenoxy) is 1.